The van der Waals surface area contributed by atoms with Crippen molar-refractivity contribution in [3.8, 4) is 0 Å². The van der Waals surface area contributed by atoms with Crippen LogP contribution in [0.1, 0.15) is 20.7 Å². The molecule has 2 aromatic carbocycles. The zero-order valence-electron chi connectivity index (χ0n) is 14.1. The van der Waals surface area contributed by atoms with Gasteiger partial charge in [-0.15, -0.1) is 0 Å². The number of aromatic amines is 1. The Kier molecular flexibility index (Phi) is 4.39. The summed E-state index contributed by atoms with van der Waals surface area (Å²) in [7, 11) is 0. The van der Waals surface area contributed by atoms with E-state index in [1.54, 1.807) is 40.3 Å². The van der Waals surface area contributed by atoms with Gasteiger partial charge < -0.3 is 14.8 Å². The fourth-order valence-corrected chi connectivity index (χ4v) is 3.53. The minimum Gasteiger partial charge on any atom is -0.360 e. The maximum absolute atomic E-state index is 12.9. The molecule has 1 saturated heterocycles. The van der Waals surface area contributed by atoms with Crippen LogP contribution in [-0.4, -0.2) is 52.8 Å². The van der Waals surface area contributed by atoms with Gasteiger partial charge in [-0.3, -0.25) is 9.59 Å². The standard InChI is InChI=1S/C20H18ClN3O2/c21-15-5-3-4-14(12-15)19(25)23-8-10-24(11-9-23)20(26)17-13-22-18-7-2-1-6-16(17)18/h1-7,12-13,22H,8-11H2. The number of hydrogen-bond donors (Lipinski definition) is 1. The van der Waals surface area contributed by atoms with Crippen molar-refractivity contribution in [2.45, 2.75) is 0 Å². The first-order valence-corrected chi connectivity index (χ1v) is 8.91. The van der Waals surface area contributed by atoms with E-state index >= 15 is 0 Å². The first-order chi connectivity index (χ1) is 12.6. The summed E-state index contributed by atoms with van der Waals surface area (Å²) in [6, 6.07) is 14.7. The largest absolute Gasteiger partial charge is 0.360 e. The molecule has 2 amide bonds. The van der Waals surface area contributed by atoms with Crippen LogP contribution in [0.25, 0.3) is 10.9 Å². The molecule has 1 N–H and O–H groups in total. The zero-order chi connectivity index (χ0) is 18.1. The van der Waals surface area contributed by atoms with Crippen LogP contribution in [0.2, 0.25) is 5.02 Å². The summed E-state index contributed by atoms with van der Waals surface area (Å²) >= 11 is 5.97. The highest BCUT2D eigenvalue weighted by atomic mass is 35.5. The van der Waals surface area contributed by atoms with E-state index in [2.05, 4.69) is 4.98 Å². The number of nitrogens with one attached hydrogen (secondary N) is 1. The summed E-state index contributed by atoms with van der Waals surface area (Å²) in [6.07, 6.45) is 1.76. The van der Waals surface area contributed by atoms with E-state index in [4.69, 9.17) is 11.6 Å². The minimum atomic E-state index is -0.0494. The van der Waals surface area contributed by atoms with E-state index in [1.165, 1.54) is 0 Å². The number of carbonyl (C=O) groups is 2. The Balaban J connectivity index is 1.45. The molecule has 1 aliphatic rings. The Hall–Kier alpha value is -2.79. The molecule has 0 saturated carbocycles. The zero-order valence-corrected chi connectivity index (χ0v) is 14.9. The second-order valence-corrected chi connectivity index (χ2v) is 6.78. The van der Waals surface area contributed by atoms with Crippen molar-refractivity contribution in [2.75, 3.05) is 26.2 Å². The molecule has 0 unspecified atom stereocenters. The molecule has 5 nitrogen and oxygen atoms in total. The Morgan fingerprint density at radius 3 is 2.31 bits per heavy atom. The molecule has 4 rings (SSSR count). The number of benzene rings is 2. The predicted molar refractivity (Wildman–Crippen MR) is 102 cm³/mol. The van der Waals surface area contributed by atoms with Gasteiger partial charge in [0.15, 0.2) is 0 Å². The third-order valence-corrected chi connectivity index (χ3v) is 4.98. The van der Waals surface area contributed by atoms with Gasteiger partial charge in [-0.25, -0.2) is 0 Å². The van der Waals surface area contributed by atoms with Crippen LogP contribution >= 0.6 is 11.6 Å². The normalized spacial score (nSPS) is 14.7. The van der Waals surface area contributed by atoms with E-state index in [-0.39, 0.29) is 11.8 Å². The van der Waals surface area contributed by atoms with Crippen LogP contribution in [0.5, 0.6) is 0 Å². The lowest BCUT2D eigenvalue weighted by Crippen LogP contribution is -2.50. The molecule has 1 aromatic heterocycles. The first kappa shape index (κ1) is 16.7. The van der Waals surface area contributed by atoms with Crippen molar-refractivity contribution in [1.82, 2.24) is 14.8 Å². The number of halogens is 1. The average molecular weight is 368 g/mol. The molecule has 6 heteroatoms. The third kappa shape index (κ3) is 3.06. The second kappa shape index (κ2) is 6.84. The molecule has 0 atom stereocenters. The summed E-state index contributed by atoms with van der Waals surface area (Å²) in [5, 5.41) is 1.47. The number of amides is 2. The Labute approximate surface area is 156 Å². The molecule has 3 aromatic rings. The monoisotopic (exact) mass is 367 g/mol. The van der Waals surface area contributed by atoms with Crippen molar-refractivity contribution in [3.05, 3.63) is 70.9 Å². The highest BCUT2D eigenvalue weighted by Gasteiger charge is 2.26. The molecular weight excluding hydrogens is 350 g/mol. The predicted octanol–water partition coefficient (Wildman–Crippen LogP) is 3.42. The Morgan fingerprint density at radius 1 is 0.885 bits per heavy atom. The smallest absolute Gasteiger partial charge is 0.256 e. The van der Waals surface area contributed by atoms with Crippen LogP contribution in [0, 0.1) is 0 Å². The molecule has 1 aliphatic heterocycles. The van der Waals surface area contributed by atoms with Crippen molar-refractivity contribution in [3.63, 3.8) is 0 Å². The number of hydrogen-bond acceptors (Lipinski definition) is 2. The topological polar surface area (TPSA) is 56.4 Å². The summed E-state index contributed by atoms with van der Waals surface area (Å²) in [4.78, 5) is 32.2. The number of carbonyl (C=O) groups excluding carboxylic acids is 2. The lowest BCUT2D eigenvalue weighted by atomic mass is 10.1. The molecule has 0 bridgehead atoms. The van der Waals surface area contributed by atoms with Crippen LogP contribution in [0.4, 0.5) is 0 Å². The number of para-hydroxylation sites is 1. The number of piperazine rings is 1. The van der Waals surface area contributed by atoms with E-state index in [1.807, 2.05) is 24.3 Å². The summed E-state index contributed by atoms with van der Waals surface area (Å²) < 4.78 is 0. The number of rotatable bonds is 2. The SMILES string of the molecule is O=C(c1cccc(Cl)c1)N1CCN(C(=O)c2c[nH]c3ccccc23)CC1. The molecule has 1 fully saturated rings. The summed E-state index contributed by atoms with van der Waals surface area (Å²) in [5.74, 6) is -0.0519. The molecule has 2 heterocycles. The van der Waals surface area contributed by atoms with Gasteiger partial charge in [-0.1, -0.05) is 35.9 Å². The van der Waals surface area contributed by atoms with Gasteiger partial charge in [0.1, 0.15) is 0 Å². The average Bonchev–Trinajstić information content (AvgIpc) is 3.11. The van der Waals surface area contributed by atoms with Gasteiger partial charge in [0, 0.05) is 53.9 Å². The maximum atomic E-state index is 12.9. The van der Waals surface area contributed by atoms with Crippen molar-refractivity contribution < 1.29 is 9.59 Å². The Bertz CT molecular complexity index is 974. The van der Waals surface area contributed by atoms with E-state index in [0.717, 1.165) is 10.9 Å². The molecule has 0 aliphatic carbocycles. The van der Waals surface area contributed by atoms with Crippen molar-refractivity contribution in [2.24, 2.45) is 0 Å². The van der Waals surface area contributed by atoms with Crippen molar-refractivity contribution >= 4 is 34.3 Å². The van der Waals surface area contributed by atoms with Crippen molar-refractivity contribution in [1.29, 1.82) is 0 Å². The quantitative estimate of drug-likeness (QED) is 0.754. The lowest BCUT2D eigenvalue weighted by molar-refractivity contribution is 0.0536. The third-order valence-electron chi connectivity index (χ3n) is 4.75. The lowest BCUT2D eigenvalue weighted by Gasteiger charge is -2.34. The van der Waals surface area contributed by atoms with Gasteiger partial charge in [0.2, 0.25) is 0 Å². The number of aromatic nitrogens is 1. The number of fused-ring (bicyclic) bond motifs is 1. The van der Waals surface area contributed by atoms with E-state index in [9.17, 15) is 9.59 Å². The second-order valence-electron chi connectivity index (χ2n) is 6.34. The van der Waals surface area contributed by atoms with Crippen LogP contribution in [0.3, 0.4) is 0 Å². The highest BCUT2D eigenvalue weighted by molar-refractivity contribution is 6.30. The molecule has 26 heavy (non-hydrogen) atoms. The highest BCUT2D eigenvalue weighted by Crippen LogP contribution is 2.20. The number of nitrogens with zero attached hydrogens (tertiary/aromatic N) is 2. The Morgan fingerprint density at radius 2 is 1.58 bits per heavy atom. The molecule has 132 valence electrons. The fraction of sp³-hybridized carbons (Fsp3) is 0.200. The maximum Gasteiger partial charge on any atom is 0.256 e. The summed E-state index contributed by atoms with van der Waals surface area (Å²) in [5.41, 5.74) is 2.20. The first-order valence-electron chi connectivity index (χ1n) is 8.54. The van der Waals surface area contributed by atoms with Crippen LogP contribution in [0.15, 0.2) is 54.7 Å². The summed E-state index contributed by atoms with van der Waals surface area (Å²) in [6.45, 7) is 2.06. The van der Waals surface area contributed by atoms with Gasteiger partial charge in [-0.2, -0.15) is 0 Å². The van der Waals surface area contributed by atoms with Gasteiger partial charge >= 0.3 is 0 Å². The van der Waals surface area contributed by atoms with E-state index < -0.39 is 0 Å². The van der Waals surface area contributed by atoms with Crippen LogP contribution in [-0.2, 0) is 0 Å². The van der Waals surface area contributed by atoms with Crippen LogP contribution < -0.4 is 0 Å². The van der Waals surface area contributed by atoms with Gasteiger partial charge in [0.25, 0.3) is 11.8 Å². The molecule has 0 radical (unpaired) electrons. The van der Waals surface area contributed by atoms with E-state index in [0.29, 0.717) is 42.3 Å². The number of H-pyrrole nitrogens is 1. The molecular formula is C20H18ClN3O2. The minimum absolute atomic E-state index is 0.00250. The fourth-order valence-electron chi connectivity index (χ4n) is 3.34. The van der Waals surface area contributed by atoms with Gasteiger partial charge in [-0.05, 0) is 24.3 Å². The molecule has 0 spiro atoms. The van der Waals surface area contributed by atoms with Gasteiger partial charge in [0.05, 0.1) is 5.56 Å².